The first-order valence-corrected chi connectivity index (χ1v) is 9.03. The maximum Gasteiger partial charge on any atom is 0.408 e. The van der Waals surface area contributed by atoms with Gasteiger partial charge in [-0.3, -0.25) is 4.79 Å². The largest absolute Gasteiger partial charge is 0.462 e. The molecule has 0 bridgehead atoms. The fourth-order valence-electron chi connectivity index (χ4n) is 2.55. The summed E-state index contributed by atoms with van der Waals surface area (Å²) in [5, 5.41) is 2.12. The van der Waals surface area contributed by atoms with Gasteiger partial charge in [-0.25, -0.2) is 22.8 Å². The fourth-order valence-corrected chi connectivity index (χ4v) is 2.55. The van der Waals surface area contributed by atoms with Crippen molar-refractivity contribution in [2.75, 3.05) is 6.61 Å². The Balaban J connectivity index is 3.13. The Hall–Kier alpha value is -2.58. The number of aryl methyl sites for hydroxylation is 1. The second-order valence-electron chi connectivity index (χ2n) is 7.59. The van der Waals surface area contributed by atoms with Crippen molar-refractivity contribution in [1.82, 2.24) is 5.32 Å². The number of alkyl carbamates (subject to hydrolysis) is 1. The van der Waals surface area contributed by atoms with Gasteiger partial charge in [0.05, 0.1) is 18.2 Å². The molecule has 1 atom stereocenters. The van der Waals surface area contributed by atoms with Crippen molar-refractivity contribution in [1.29, 1.82) is 0 Å². The molecule has 0 aliphatic rings. The number of carbonyl (C=O) groups is 3. The van der Waals surface area contributed by atoms with E-state index < -0.39 is 58.8 Å². The highest BCUT2D eigenvalue weighted by Gasteiger charge is 2.39. The molecule has 0 unspecified atom stereocenters. The maximum atomic E-state index is 14.8. The topological polar surface area (TPSA) is 81.7 Å². The molecule has 1 aromatic carbocycles. The monoisotopic (exact) mass is 417 g/mol. The Bertz CT molecular complexity index is 787. The zero-order chi connectivity index (χ0) is 22.6. The number of nitrogens with one attached hydrogen (secondary N) is 1. The lowest BCUT2D eigenvalue weighted by atomic mass is 9.94. The van der Waals surface area contributed by atoms with Gasteiger partial charge in [-0.2, -0.15) is 0 Å². The summed E-state index contributed by atoms with van der Waals surface area (Å²) in [5.41, 5.74) is -2.09. The van der Waals surface area contributed by atoms with E-state index in [4.69, 9.17) is 9.47 Å². The summed E-state index contributed by atoms with van der Waals surface area (Å²) in [6, 6.07) is -0.0283. The molecule has 0 spiro atoms. The number of esters is 1. The molecule has 0 aliphatic heterocycles. The number of ether oxygens (including phenoxy) is 2. The molecule has 0 fully saturated rings. The third-order valence-corrected chi connectivity index (χ3v) is 3.85. The fraction of sp³-hybridized carbons (Fsp3) is 0.550. The highest BCUT2D eigenvalue weighted by molar-refractivity contribution is 5.90. The third kappa shape index (κ3) is 7.07. The number of benzene rings is 1. The number of hydrogen-bond acceptors (Lipinski definition) is 5. The van der Waals surface area contributed by atoms with Crippen molar-refractivity contribution in [2.24, 2.45) is 0 Å². The van der Waals surface area contributed by atoms with E-state index in [-0.39, 0.29) is 12.2 Å². The number of amides is 1. The van der Waals surface area contributed by atoms with E-state index in [1.165, 1.54) is 13.8 Å². The molecule has 162 valence electrons. The Morgan fingerprint density at radius 3 is 2.24 bits per heavy atom. The molecule has 29 heavy (non-hydrogen) atoms. The standard InChI is InChI=1S/C20H26F3NO5/c1-7-28-17(26)13-8-11(2)14(9-15(13)21)20(22,23)10-16(12(3)25)24-18(27)29-19(4,5)6/h8-9,16H,7,10H2,1-6H3,(H,24,27)/t16-/m0/s1. The van der Waals surface area contributed by atoms with Crippen LogP contribution in [0, 0.1) is 12.7 Å². The average Bonchev–Trinajstić information content (AvgIpc) is 2.54. The number of carbonyl (C=O) groups excluding carboxylic acids is 3. The van der Waals surface area contributed by atoms with Gasteiger partial charge < -0.3 is 14.8 Å². The molecule has 1 N–H and O–H groups in total. The molecule has 0 saturated heterocycles. The minimum Gasteiger partial charge on any atom is -0.462 e. The van der Waals surface area contributed by atoms with Gasteiger partial charge in [0.1, 0.15) is 11.4 Å². The van der Waals surface area contributed by atoms with Crippen molar-refractivity contribution < 1.29 is 37.0 Å². The lowest BCUT2D eigenvalue weighted by molar-refractivity contribution is -0.122. The number of ketones is 1. The summed E-state index contributed by atoms with van der Waals surface area (Å²) in [4.78, 5) is 35.4. The molecule has 0 aliphatic carbocycles. The molecule has 0 heterocycles. The predicted octanol–water partition coefficient (Wildman–Crippen LogP) is 4.28. The lowest BCUT2D eigenvalue weighted by Gasteiger charge is -2.26. The molecule has 0 saturated carbocycles. The quantitative estimate of drug-likeness (QED) is 0.670. The van der Waals surface area contributed by atoms with E-state index >= 15 is 0 Å². The van der Waals surface area contributed by atoms with Crippen LogP contribution in [0.5, 0.6) is 0 Å². The molecular weight excluding hydrogens is 391 g/mol. The van der Waals surface area contributed by atoms with Crippen LogP contribution >= 0.6 is 0 Å². The Kier molecular flexibility index (Phi) is 7.83. The van der Waals surface area contributed by atoms with Gasteiger partial charge in [-0.1, -0.05) is 0 Å². The lowest BCUT2D eigenvalue weighted by Crippen LogP contribution is -2.45. The van der Waals surface area contributed by atoms with Crippen LogP contribution in [0.3, 0.4) is 0 Å². The number of halogens is 3. The van der Waals surface area contributed by atoms with Crippen LogP contribution in [-0.4, -0.2) is 36.1 Å². The van der Waals surface area contributed by atoms with Crippen molar-refractivity contribution in [3.05, 3.63) is 34.6 Å². The molecular formula is C20H26F3NO5. The van der Waals surface area contributed by atoms with E-state index in [0.717, 1.165) is 13.0 Å². The van der Waals surface area contributed by atoms with E-state index in [1.807, 2.05) is 0 Å². The first-order valence-electron chi connectivity index (χ1n) is 9.03. The summed E-state index contributed by atoms with van der Waals surface area (Å²) >= 11 is 0. The first-order chi connectivity index (χ1) is 13.2. The van der Waals surface area contributed by atoms with Crippen molar-refractivity contribution in [3.8, 4) is 0 Å². The number of rotatable bonds is 7. The summed E-state index contributed by atoms with van der Waals surface area (Å²) < 4.78 is 53.6. The highest BCUT2D eigenvalue weighted by Crippen LogP contribution is 2.36. The van der Waals surface area contributed by atoms with E-state index in [9.17, 15) is 27.6 Å². The van der Waals surface area contributed by atoms with Gasteiger partial charge >= 0.3 is 12.1 Å². The second-order valence-corrected chi connectivity index (χ2v) is 7.59. The van der Waals surface area contributed by atoms with Crippen molar-refractivity contribution in [3.63, 3.8) is 0 Å². The summed E-state index contributed by atoms with van der Waals surface area (Å²) in [6.45, 7) is 8.63. The van der Waals surface area contributed by atoms with Gasteiger partial charge in [0.25, 0.3) is 5.92 Å². The zero-order valence-corrected chi connectivity index (χ0v) is 17.3. The van der Waals surface area contributed by atoms with Crippen LogP contribution in [0.4, 0.5) is 18.0 Å². The Morgan fingerprint density at radius 1 is 1.17 bits per heavy atom. The van der Waals surface area contributed by atoms with Crippen LogP contribution in [0.1, 0.15) is 62.5 Å². The molecule has 0 radical (unpaired) electrons. The molecule has 0 aromatic heterocycles. The van der Waals surface area contributed by atoms with E-state index in [2.05, 4.69) is 5.32 Å². The summed E-state index contributed by atoms with van der Waals surface area (Å²) in [5.74, 6) is -6.50. The van der Waals surface area contributed by atoms with Gasteiger partial charge in [0.15, 0.2) is 5.78 Å². The summed E-state index contributed by atoms with van der Waals surface area (Å²) in [6.07, 6.45) is -2.12. The van der Waals surface area contributed by atoms with Crippen LogP contribution in [0.25, 0.3) is 0 Å². The van der Waals surface area contributed by atoms with Gasteiger partial charge in [0.2, 0.25) is 0 Å². The molecule has 9 heteroatoms. The number of alkyl halides is 2. The average molecular weight is 417 g/mol. The van der Waals surface area contributed by atoms with Gasteiger partial charge in [0, 0.05) is 12.0 Å². The Morgan fingerprint density at radius 2 is 1.76 bits per heavy atom. The SMILES string of the molecule is CCOC(=O)c1cc(C)c(C(F)(F)C[C@H](NC(=O)OC(C)(C)C)C(C)=O)cc1F. The number of hydrogen-bond donors (Lipinski definition) is 1. The van der Waals surface area contributed by atoms with Crippen molar-refractivity contribution >= 4 is 17.8 Å². The molecule has 6 nitrogen and oxygen atoms in total. The van der Waals surface area contributed by atoms with Gasteiger partial charge in [-0.15, -0.1) is 0 Å². The zero-order valence-electron chi connectivity index (χ0n) is 17.3. The van der Waals surface area contributed by atoms with Crippen LogP contribution in [-0.2, 0) is 20.2 Å². The van der Waals surface area contributed by atoms with Gasteiger partial charge in [-0.05, 0) is 59.2 Å². The third-order valence-electron chi connectivity index (χ3n) is 3.85. The van der Waals surface area contributed by atoms with Crippen LogP contribution < -0.4 is 5.32 Å². The van der Waals surface area contributed by atoms with E-state index in [1.54, 1.807) is 20.8 Å². The van der Waals surface area contributed by atoms with Crippen LogP contribution in [0.15, 0.2) is 12.1 Å². The highest BCUT2D eigenvalue weighted by atomic mass is 19.3. The second kappa shape index (κ2) is 9.28. The minimum atomic E-state index is -3.66. The molecule has 1 amide bonds. The maximum absolute atomic E-state index is 14.8. The van der Waals surface area contributed by atoms with Crippen molar-refractivity contribution in [2.45, 2.75) is 65.5 Å². The summed E-state index contributed by atoms with van der Waals surface area (Å²) in [7, 11) is 0. The molecule has 1 rings (SSSR count). The minimum absolute atomic E-state index is 0.00581. The molecule has 1 aromatic rings. The van der Waals surface area contributed by atoms with Crippen LogP contribution in [0.2, 0.25) is 0 Å². The Labute approximate surface area is 167 Å². The number of Topliss-reactive ketones (excluding diaryl/α,β-unsaturated/α-hetero) is 1. The smallest absolute Gasteiger partial charge is 0.408 e. The van der Waals surface area contributed by atoms with E-state index in [0.29, 0.717) is 6.07 Å². The normalized spacial score (nSPS) is 12.9. The first kappa shape index (κ1) is 24.5. The predicted molar refractivity (Wildman–Crippen MR) is 99.4 cm³/mol.